The number of pyridine rings is 1. The number of hydrogen-bond acceptors (Lipinski definition) is 4. The number of aryl methyl sites for hydroxylation is 1. The Bertz CT molecular complexity index is 575. The van der Waals surface area contributed by atoms with Crippen LogP contribution in [0.4, 0.5) is 0 Å². The van der Waals surface area contributed by atoms with E-state index in [1.54, 1.807) is 12.4 Å². The van der Waals surface area contributed by atoms with Crippen LogP contribution in [0.25, 0.3) is 11.3 Å². The van der Waals surface area contributed by atoms with Crippen LogP contribution in [0.15, 0.2) is 30.7 Å². The molecular weight excluding hydrogens is 264 g/mol. The molecule has 0 saturated heterocycles. The first-order valence-electron chi connectivity index (χ1n) is 7.26. The molecule has 2 heterocycles. The van der Waals surface area contributed by atoms with Gasteiger partial charge >= 0.3 is 0 Å². The average molecular weight is 288 g/mol. The summed E-state index contributed by atoms with van der Waals surface area (Å²) in [5, 5.41) is 18.1. The normalized spacial score (nSPS) is 14.4. The van der Waals surface area contributed by atoms with Gasteiger partial charge in [-0.2, -0.15) is 5.10 Å². The van der Waals surface area contributed by atoms with Gasteiger partial charge in [-0.3, -0.25) is 9.67 Å². The molecule has 0 spiro atoms. The van der Waals surface area contributed by atoms with E-state index in [9.17, 15) is 5.11 Å². The molecule has 0 amide bonds. The second-order valence-electron chi connectivity index (χ2n) is 6.03. The number of aromatic nitrogens is 3. The smallest absolute Gasteiger partial charge is 0.0969 e. The lowest BCUT2D eigenvalue weighted by atomic mass is 9.92. The lowest BCUT2D eigenvalue weighted by Gasteiger charge is -2.27. The van der Waals surface area contributed by atoms with Crippen molar-refractivity contribution in [2.75, 3.05) is 6.54 Å². The van der Waals surface area contributed by atoms with E-state index < -0.39 is 5.60 Å². The van der Waals surface area contributed by atoms with Crippen molar-refractivity contribution in [2.45, 2.75) is 32.9 Å². The van der Waals surface area contributed by atoms with Crippen molar-refractivity contribution < 1.29 is 5.11 Å². The van der Waals surface area contributed by atoms with Crippen LogP contribution in [0.5, 0.6) is 0 Å². The van der Waals surface area contributed by atoms with Gasteiger partial charge in [-0.05, 0) is 25.0 Å². The number of rotatable bonds is 6. The molecule has 2 rings (SSSR count). The third-order valence-corrected chi connectivity index (χ3v) is 3.90. The van der Waals surface area contributed by atoms with E-state index >= 15 is 0 Å². The van der Waals surface area contributed by atoms with Crippen molar-refractivity contribution in [1.82, 2.24) is 20.1 Å². The summed E-state index contributed by atoms with van der Waals surface area (Å²) < 4.78 is 1.81. The van der Waals surface area contributed by atoms with E-state index in [0.717, 1.165) is 16.8 Å². The minimum absolute atomic E-state index is 0.207. The summed E-state index contributed by atoms with van der Waals surface area (Å²) in [6.45, 7) is 7.13. The molecule has 0 aliphatic heterocycles. The first kappa shape index (κ1) is 15.7. The topological polar surface area (TPSA) is 63.0 Å². The molecule has 21 heavy (non-hydrogen) atoms. The molecule has 5 heteroatoms. The van der Waals surface area contributed by atoms with Crippen LogP contribution in [-0.2, 0) is 13.6 Å². The van der Waals surface area contributed by atoms with Crippen LogP contribution in [0, 0.1) is 5.92 Å². The molecule has 2 aromatic rings. The predicted molar refractivity (Wildman–Crippen MR) is 83.6 cm³/mol. The highest BCUT2D eigenvalue weighted by molar-refractivity contribution is 5.61. The fourth-order valence-electron chi connectivity index (χ4n) is 2.07. The van der Waals surface area contributed by atoms with Gasteiger partial charge in [0.2, 0.25) is 0 Å². The Balaban J connectivity index is 2.08. The minimum Gasteiger partial charge on any atom is -0.389 e. The van der Waals surface area contributed by atoms with Gasteiger partial charge < -0.3 is 10.4 Å². The van der Waals surface area contributed by atoms with Crippen molar-refractivity contribution in [1.29, 1.82) is 0 Å². The number of aliphatic hydroxyl groups is 1. The maximum Gasteiger partial charge on any atom is 0.0969 e. The van der Waals surface area contributed by atoms with Gasteiger partial charge in [0.1, 0.15) is 0 Å². The Morgan fingerprint density at radius 3 is 2.62 bits per heavy atom. The lowest BCUT2D eigenvalue weighted by molar-refractivity contribution is 0.0140. The van der Waals surface area contributed by atoms with Gasteiger partial charge in [0.05, 0.1) is 11.3 Å². The molecule has 5 nitrogen and oxygen atoms in total. The highest BCUT2D eigenvalue weighted by Gasteiger charge is 2.24. The number of nitrogens with zero attached hydrogens (tertiary/aromatic N) is 3. The molecule has 0 aliphatic carbocycles. The fraction of sp³-hybridized carbons (Fsp3) is 0.500. The van der Waals surface area contributed by atoms with Gasteiger partial charge in [0.25, 0.3) is 0 Å². The quantitative estimate of drug-likeness (QED) is 0.853. The number of nitrogens with one attached hydrogen (secondary N) is 1. The summed E-state index contributed by atoms with van der Waals surface area (Å²) in [6, 6.07) is 3.91. The van der Waals surface area contributed by atoms with Crippen molar-refractivity contribution in [2.24, 2.45) is 13.0 Å². The molecule has 114 valence electrons. The maximum atomic E-state index is 10.3. The zero-order valence-corrected chi connectivity index (χ0v) is 13.2. The Hall–Kier alpha value is -1.72. The second kappa shape index (κ2) is 6.37. The molecule has 1 unspecified atom stereocenters. The average Bonchev–Trinajstić information content (AvgIpc) is 2.80. The van der Waals surface area contributed by atoms with E-state index in [0.29, 0.717) is 13.1 Å². The van der Waals surface area contributed by atoms with Crippen molar-refractivity contribution in [3.63, 3.8) is 0 Å². The second-order valence-corrected chi connectivity index (χ2v) is 6.03. The van der Waals surface area contributed by atoms with E-state index in [4.69, 9.17) is 0 Å². The largest absolute Gasteiger partial charge is 0.389 e. The van der Waals surface area contributed by atoms with Gasteiger partial charge in [-0.15, -0.1) is 0 Å². The summed E-state index contributed by atoms with van der Waals surface area (Å²) in [7, 11) is 1.92. The SMILES string of the molecule is CC(C)C(C)(O)CNCc1cn(C)nc1-c1ccncc1. The zero-order valence-electron chi connectivity index (χ0n) is 13.2. The Kier molecular flexibility index (Phi) is 4.75. The summed E-state index contributed by atoms with van der Waals surface area (Å²) in [6.07, 6.45) is 5.54. The van der Waals surface area contributed by atoms with Crippen LogP contribution in [0.2, 0.25) is 0 Å². The maximum absolute atomic E-state index is 10.3. The summed E-state index contributed by atoms with van der Waals surface area (Å²) in [5.41, 5.74) is 2.41. The fourth-order valence-corrected chi connectivity index (χ4v) is 2.07. The molecule has 2 aromatic heterocycles. The molecule has 0 bridgehead atoms. The van der Waals surface area contributed by atoms with Gasteiger partial charge in [0, 0.05) is 49.9 Å². The Morgan fingerprint density at radius 2 is 2.00 bits per heavy atom. The summed E-state index contributed by atoms with van der Waals surface area (Å²) in [4.78, 5) is 4.04. The van der Waals surface area contributed by atoms with Gasteiger partial charge in [-0.1, -0.05) is 13.8 Å². The third-order valence-electron chi connectivity index (χ3n) is 3.90. The van der Waals surface area contributed by atoms with E-state index in [2.05, 4.69) is 15.4 Å². The van der Waals surface area contributed by atoms with E-state index in [-0.39, 0.29) is 5.92 Å². The van der Waals surface area contributed by atoms with Crippen molar-refractivity contribution in [3.8, 4) is 11.3 Å². The number of hydrogen-bond donors (Lipinski definition) is 2. The standard InChI is InChI=1S/C16H24N4O/c1-12(2)16(3,21)11-18-9-14-10-20(4)19-15(14)13-5-7-17-8-6-13/h5-8,10,12,18,21H,9,11H2,1-4H3. The molecule has 0 saturated carbocycles. The Morgan fingerprint density at radius 1 is 1.33 bits per heavy atom. The van der Waals surface area contributed by atoms with Crippen molar-refractivity contribution in [3.05, 3.63) is 36.3 Å². The van der Waals surface area contributed by atoms with Crippen LogP contribution in [0.1, 0.15) is 26.3 Å². The molecular formula is C16H24N4O. The molecule has 2 N–H and O–H groups in total. The summed E-state index contributed by atoms with van der Waals surface area (Å²) in [5.74, 6) is 0.207. The highest BCUT2D eigenvalue weighted by atomic mass is 16.3. The first-order chi connectivity index (χ1) is 9.90. The van der Waals surface area contributed by atoms with E-state index in [1.807, 2.05) is 50.8 Å². The molecule has 0 aliphatic rings. The van der Waals surface area contributed by atoms with Crippen LogP contribution < -0.4 is 5.32 Å². The Labute approximate surface area is 126 Å². The van der Waals surface area contributed by atoms with Crippen molar-refractivity contribution >= 4 is 0 Å². The van der Waals surface area contributed by atoms with Crippen LogP contribution in [-0.4, -0.2) is 32.0 Å². The van der Waals surface area contributed by atoms with Gasteiger partial charge in [-0.25, -0.2) is 0 Å². The van der Waals surface area contributed by atoms with E-state index in [1.165, 1.54) is 0 Å². The van der Waals surface area contributed by atoms with Crippen LogP contribution >= 0.6 is 0 Å². The monoisotopic (exact) mass is 288 g/mol. The molecule has 0 aromatic carbocycles. The highest BCUT2D eigenvalue weighted by Crippen LogP contribution is 2.21. The zero-order chi connectivity index (χ0) is 15.5. The molecule has 1 atom stereocenters. The molecule has 0 fully saturated rings. The lowest BCUT2D eigenvalue weighted by Crippen LogP contribution is -2.41. The predicted octanol–water partition coefficient (Wildman–Crippen LogP) is 1.98. The van der Waals surface area contributed by atoms with Gasteiger partial charge in [0.15, 0.2) is 0 Å². The minimum atomic E-state index is -0.709. The molecule has 0 radical (unpaired) electrons. The first-order valence-corrected chi connectivity index (χ1v) is 7.26. The van der Waals surface area contributed by atoms with Crippen LogP contribution in [0.3, 0.4) is 0 Å². The summed E-state index contributed by atoms with van der Waals surface area (Å²) >= 11 is 0. The third kappa shape index (κ3) is 3.89.